The summed E-state index contributed by atoms with van der Waals surface area (Å²) < 4.78 is 21.9. The summed E-state index contributed by atoms with van der Waals surface area (Å²) in [5, 5.41) is 6.99. The summed E-state index contributed by atoms with van der Waals surface area (Å²) in [6, 6.07) is 3.54. The number of thiophene rings is 1. The van der Waals surface area contributed by atoms with Crippen LogP contribution in [0.2, 0.25) is 0 Å². The highest BCUT2D eigenvalue weighted by molar-refractivity contribution is 7.14. The summed E-state index contributed by atoms with van der Waals surface area (Å²) in [6.07, 6.45) is 0.619. The zero-order valence-electron chi connectivity index (χ0n) is 15.2. The van der Waals surface area contributed by atoms with Gasteiger partial charge in [-0.05, 0) is 32.4 Å². The van der Waals surface area contributed by atoms with Gasteiger partial charge in [-0.25, -0.2) is 0 Å². The molecule has 0 aliphatic carbocycles. The number of ether oxygens (including phenoxy) is 3. The van der Waals surface area contributed by atoms with E-state index in [-0.39, 0.29) is 18.1 Å². The van der Waals surface area contributed by atoms with Crippen molar-refractivity contribution in [2.45, 2.75) is 45.6 Å². The normalized spacial score (nSPS) is 20.3. The van der Waals surface area contributed by atoms with Gasteiger partial charge < -0.3 is 24.1 Å². The maximum atomic E-state index is 12.5. The predicted molar refractivity (Wildman–Crippen MR) is 96.3 cm³/mol. The Balaban J connectivity index is 1.60. The molecule has 8 heteroatoms. The second kappa shape index (κ2) is 8.77. The lowest BCUT2D eigenvalue weighted by Crippen LogP contribution is -2.50. The van der Waals surface area contributed by atoms with Gasteiger partial charge in [-0.3, -0.25) is 4.79 Å². The molecule has 2 aromatic rings. The Labute approximate surface area is 156 Å². The molecule has 0 aromatic carbocycles. The van der Waals surface area contributed by atoms with Gasteiger partial charge in [0.05, 0.1) is 42.5 Å². The molecule has 1 N–H and O–H groups in total. The van der Waals surface area contributed by atoms with Crippen LogP contribution in [0.3, 0.4) is 0 Å². The number of nitrogens with zero attached hydrogens (tertiary/aromatic N) is 1. The van der Waals surface area contributed by atoms with Crippen molar-refractivity contribution in [3.8, 4) is 0 Å². The number of aryl methyl sites for hydroxylation is 2. The average molecular weight is 380 g/mol. The van der Waals surface area contributed by atoms with Gasteiger partial charge in [-0.15, -0.1) is 11.3 Å². The van der Waals surface area contributed by atoms with Gasteiger partial charge in [-0.2, -0.15) is 0 Å². The number of hydrogen-bond donors (Lipinski definition) is 1. The van der Waals surface area contributed by atoms with Crippen LogP contribution in [0.1, 0.15) is 38.0 Å². The average Bonchev–Trinajstić information content (AvgIpc) is 3.22. The molecular formula is C18H24N2O5S. The van der Waals surface area contributed by atoms with Gasteiger partial charge >= 0.3 is 0 Å². The van der Waals surface area contributed by atoms with E-state index < -0.39 is 0 Å². The fourth-order valence-electron chi connectivity index (χ4n) is 2.91. The Hall–Kier alpha value is -1.74. The highest BCUT2D eigenvalue weighted by Gasteiger charge is 2.29. The van der Waals surface area contributed by atoms with E-state index >= 15 is 0 Å². The molecule has 0 radical (unpaired) electrons. The third-order valence-corrected chi connectivity index (χ3v) is 5.46. The van der Waals surface area contributed by atoms with Crippen molar-refractivity contribution in [3.05, 3.63) is 38.9 Å². The summed E-state index contributed by atoms with van der Waals surface area (Å²) >= 11 is 1.43. The summed E-state index contributed by atoms with van der Waals surface area (Å²) in [7, 11) is 1.64. The molecule has 0 unspecified atom stereocenters. The number of rotatable bonds is 7. The van der Waals surface area contributed by atoms with Crippen molar-refractivity contribution in [2.24, 2.45) is 0 Å². The molecule has 2 atom stereocenters. The highest BCUT2D eigenvalue weighted by atomic mass is 32.1. The minimum atomic E-state index is -0.190. The van der Waals surface area contributed by atoms with E-state index in [4.69, 9.17) is 18.7 Å². The monoisotopic (exact) mass is 380 g/mol. The minimum Gasteiger partial charge on any atom is -0.379 e. The van der Waals surface area contributed by atoms with E-state index in [9.17, 15) is 4.79 Å². The summed E-state index contributed by atoms with van der Waals surface area (Å²) in [4.78, 5) is 14.2. The van der Waals surface area contributed by atoms with Crippen LogP contribution in [0, 0.1) is 13.8 Å². The first-order chi connectivity index (χ1) is 12.6. The number of carbonyl (C=O) groups is 1. The molecule has 0 spiro atoms. The van der Waals surface area contributed by atoms with E-state index in [2.05, 4.69) is 10.5 Å². The zero-order valence-corrected chi connectivity index (χ0v) is 16.1. The van der Waals surface area contributed by atoms with Gasteiger partial charge in [-0.1, -0.05) is 5.16 Å². The molecule has 3 heterocycles. The lowest BCUT2D eigenvalue weighted by molar-refractivity contribution is -0.0608. The Bertz CT molecular complexity index is 722. The molecule has 0 saturated carbocycles. The number of amides is 1. The van der Waals surface area contributed by atoms with Gasteiger partial charge in [0.25, 0.3) is 5.91 Å². The highest BCUT2D eigenvalue weighted by Crippen LogP contribution is 2.20. The van der Waals surface area contributed by atoms with E-state index in [0.29, 0.717) is 31.3 Å². The summed E-state index contributed by atoms with van der Waals surface area (Å²) in [6.45, 7) is 5.75. The molecule has 1 fully saturated rings. The number of nitrogens with one attached hydrogen (secondary N) is 1. The van der Waals surface area contributed by atoms with E-state index in [1.54, 1.807) is 7.11 Å². The molecule has 1 amide bonds. The molecule has 7 nitrogen and oxygen atoms in total. The quantitative estimate of drug-likeness (QED) is 0.795. The van der Waals surface area contributed by atoms with Crippen molar-refractivity contribution in [2.75, 3.05) is 20.3 Å². The lowest BCUT2D eigenvalue weighted by atomic mass is 10.1. The Morgan fingerprint density at radius 1 is 1.38 bits per heavy atom. The topological polar surface area (TPSA) is 82.8 Å². The van der Waals surface area contributed by atoms with E-state index in [1.165, 1.54) is 11.3 Å². The van der Waals surface area contributed by atoms with Crippen molar-refractivity contribution in [1.29, 1.82) is 0 Å². The second-order valence-electron chi connectivity index (χ2n) is 6.29. The molecule has 1 aliphatic rings. The minimum absolute atomic E-state index is 0.111. The first kappa shape index (κ1) is 19.0. The van der Waals surface area contributed by atoms with Gasteiger partial charge in [0.1, 0.15) is 5.76 Å². The Morgan fingerprint density at radius 3 is 2.96 bits per heavy atom. The molecule has 26 heavy (non-hydrogen) atoms. The van der Waals surface area contributed by atoms with Crippen molar-refractivity contribution >= 4 is 17.2 Å². The van der Waals surface area contributed by atoms with Crippen LogP contribution in [0.4, 0.5) is 0 Å². The van der Waals surface area contributed by atoms with Crippen LogP contribution in [-0.4, -0.2) is 43.5 Å². The number of aromatic nitrogens is 1. The molecule has 1 aliphatic heterocycles. The smallest absolute Gasteiger partial charge is 0.261 e. The Kier molecular flexibility index (Phi) is 6.42. The first-order valence-electron chi connectivity index (χ1n) is 8.58. The fourth-order valence-corrected chi connectivity index (χ4v) is 3.79. The molecule has 3 rings (SSSR count). The number of carbonyl (C=O) groups excluding carboxylic acids is 1. The zero-order chi connectivity index (χ0) is 18.5. The maximum Gasteiger partial charge on any atom is 0.261 e. The van der Waals surface area contributed by atoms with Crippen molar-refractivity contribution < 1.29 is 23.5 Å². The van der Waals surface area contributed by atoms with Gasteiger partial charge in [0.2, 0.25) is 0 Å². The number of hydrogen-bond acceptors (Lipinski definition) is 7. The SMILES string of the molecule is COCc1ccc(C(=O)N[C@@H]2COCC[C@@H]2OCc2c(C)noc2C)s1. The van der Waals surface area contributed by atoms with E-state index in [0.717, 1.165) is 28.3 Å². The maximum absolute atomic E-state index is 12.5. The van der Waals surface area contributed by atoms with Crippen LogP contribution < -0.4 is 5.32 Å². The van der Waals surface area contributed by atoms with Gasteiger partial charge in [0, 0.05) is 24.2 Å². The molecule has 1 saturated heterocycles. The van der Waals surface area contributed by atoms with Crippen LogP contribution in [0.25, 0.3) is 0 Å². The van der Waals surface area contributed by atoms with Crippen LogP contribution in [0.15, 0.2) is 16.7 Å². The summed E-state index contributed by atoms with van der Waals surface area (Å²) in [5.74, 6) is 0.651. The van der Waals surface area contributed by atoms with Crippen LogP contribution in [0.5, 0.6) is 0 Å². The third-order valence-electron chi connectivity index (χ3n) is 4.40. The van der Waals surface area contributed by atoms with Gasteiger partial charge in [0.15, 0.2) is 0 Å². The largest absolute Gasteiger partial charge is 0.379 e. The molecule has 2 aromatic heterocycles. The fraction of sp³-hybridized carbons (Fsp3) is 0.556. The molecule has 0 bridgehead atoms. The molecular weight excluding hydrogens is 356 g/mol. The van der Waals surface area contributed by atoms with Crippen LogP contribution >= 0.6 is 11.3 Å². The second-order valence-corrected chi connectivity index (χ2v) is 7.46. The number of methoxy groups -OCH3 is 1. The van der Waals surface area contributed by atoms with Crippen molar-refractivity contribution in [3.63, 3.8) is 0 Å². The predicted octanol–water partition coefficient (Wildman–Crippen LogP) is 2.60. The van der Waals surface area contributed by atoms with Crippen LogP contribution in [-0.2, 0) is 27.4 Å². The summed E-state index contributed by atoms with van der Waals surface area (Å²) in [5.41, 5.74) is 1.79. The Morgan fingerprint density at radius 2 is 2.23 bits per heavy atom. The lowest BCUT2D eigenvalue weighted by Gasteiger charge is -2.32. The first-order valence-corrected chi connectivity index (χ1v) is 9.39. The van der Waals surface area contributed by atoms with E-state index in [1.807, 2.05) is 26.0 Å². The third kappa shape index (κ3) is 4.50. The molecule has 142 valence electrons. The standard InChI is InChI=1S/C18H24N2O5S/c1-11-14(12(2)25-20-11)9-24-16-6-7-23-10-15(16)19-18(21)17-5-4-13(26-17)8-22-3/h4-5,15-16H,6-10H2,1-3H3,(H,19,21)/t15-,16+/m1/s1. The van der Waals surface area contributed by atoms with Crippen molar-refractivity contribution in [1.82, 2.24) is 10.5 Å².